The van der Waals surface area contributed by atoms with Gasteiger partial charge in [0.15, 0.2) is 5.96 Å². The molecule has 0 amide bonds. The van der Waals surface area contributed by atoms with Gasteiger partial charge in [-0.15, -0.1) is 0 Å². The molecule has 0 radical (unpaired) electrons. The number of nitrogens with two attached hydrogens (primary N) is 1. The maximum Gasteiger partial charge on any atom is 0.193 e. The summed E-state index contributed by atoms with van der Waals surface area (Å²) in [6, 6.07) is 6.39. The molecule has 1 aliphatic rings. The zero-order valence-electron chi connectivity index (χ0n) is 13.0. The number of aryl methyl sites for hydroxylation is 2. The van der Waals surface area contributed by atoms with Gasteiger partial charge in [0.25, 0.3) is 0 Å². The average Bonchev–Trinajstić information content (AvgIpc) is 2.93. The number of nitrogens with zero attached hydrogens (tertiary/aromatic N) is 3. The van der Waals surface area contributed by atoms with Crippen molar-refractivity contribution in [1.82, 2.24) is 9.78 Å². The predicted octanol–water partition coefficient (Wildman–Crippen LogP) is 2.50. The number of anilines is 1. The van der Waals surface area contributed by atoms with Crippen LogP contribution in [0.4, 0.5) is 5.69 Å². The number of hydrogen-bond acceptors (Lipinski definition) is 2. The Bertz CT molecular complexity index is 671. The number of hydrogen-bond donors (Lipinski definition) is 2. The van der Waals surface area contributed by atoms with Gasteiger partial charge < -0.3 is 11.1 Å². The van der Waals surface area contributed by atoms with Crippen LogP contribution >= 0.6 is 0 Å². The summed E-state index contributed by atoms with van der Waals surface area (Å²) in [5, 5.41) is 7.50. The van der Waals surface area contributed by atoms with E-state index in [4.69, 9.17) is 5.73 Å². The van der Waals surface area contributed by atoms with Crippen LogP contribution in [-0.2, 0) is 19.4 Å². The Morgan fingerprint density at radius 3 is 3.05 bits per heavy atom. The van der Waals surface area contributed by atoms with Crippen molar-refractivity contribution < 1.29 is 0 Å². The van der Waals surface area contributed by atoms with Crippen molar-refractivity contribution >= 4 is 11.6 Å². The van der Waals surface area contributed by atoms with Gasteiger partial charge in [-0.1, -0.05) is 12.1 Å². The first-order valence-electron chi connectivity index (χ1n) is 7.89. The second-order valence-electron chi connectivity index (χ2n) is 5.82. The van der Waals surface area contributed by atoms with Gasteiger partial charge in [0, 0.05) is 11.9 Å². The highest BCUT2D eigenvalue weighted by Crippen LogP contribution is 2.27. The largest absolute Gasteiger partial charge is 0.370 e. The topological polar surface area (TPSA) is 68.2 Å². The second-order valence-corrected chi connectivity index (χ2v) is 5.82. The van der Waals surface area contributed by atoms with E-state index in [0.717, 1.165) is 24.2 Å². The molecule has 0 saturated carbocycles. The van der Waals surface area contributed by atoms with Crippen molar-refractivity contribution in [1.29, 1.82) is 0 Å². The molecule has 1 aromatic carbocycles. The minimum Gasteiger partial charge on any atom is -0.370 e. The molecule has 3 rings (SSSR count). The van der Waals surface area contributed by atoms with Crippen LogP contribution < -0.4 is 11.1 Å². The highest BCUT2D eigenvalue weighted by atomic mass is 15.3. The lowest BCUT2D eigenvalue weighted by atomic mass is 9.90. The molecule has 0 atom stereocenters. The smallest absolute Gasteiger partial charge is 0.193 e. The third kappa shape index (κ3) is 3.47. The summed E-state index contributed by atoms with van der Waals surface area (Å²) in [6.45, 7) is 3.39. The first-order chi connectivity index (χ1) is 10.7. The van der Waals surface area contributed by atoms with Gasteiger partial charge in [-0.2, -0.15) is 5.10 Å². The standard InChI is InChI=1S/C17H23N5/c1-13-11-20-22(12-13)10-9-19-17(18)21-16-8-4-6-14-5-2-3-7-15(14)16/h4,6,8,11-12H,2-3,5,7,9-10H2,1H3,(H3,18,19,21). The highest BCUT2D eigenvalue weighted by molar-refractivity contribution is 5.93. The van der Waals surface area contributed by atoms with Crippen LogP contribution in [0.15, 0.2) is 35.6 Å². The van der Waals surface area contributed by atoms with E-state index in [1.807, 2.05) is 24.0 Å². The molecule has 1 heterocycles. The molecule has 116 valence electrons. The molecule has 0 spiro atoms. The molecule has 22 heavy (non-hydrogen) atoms. The lowest BCUT2D eigenvalue weighted by Gasteiger charge is -2.19. The summed E-state index contributed by atoms with van der Waals surface area (Å²) in [6.07, 6.45) is 8.68. The van der Waals surface area contributed by atoms with Gasteiger partial charge in [0.05, 0.1) is 19.3 Å². The monoisotopic (exact) mass is 297 g/mol. The maximum atomic E-state index is 6.02. The molecule has 0 aliphatic heterocycles. The normalized spacial score (nSPS) is 14.7. The molecule has 3 N–H and O–H groups in total. The molecule has 1 aromatic heterocycles. The van der Waals surface area contributed by atoms with Gasteiger partial charge in [0.1, 0.15) is 0 Å². The van der Waals surface area contributed by atoms with E-state index < -0.39 is 0 Å². The number of aromatic nitrogens is 2. The zero-order chi connectivity index (χ0) is 15.4. The summed E-state index contributed by atoms with van der Waals surface area (Å²) < 4.78 is 1.89. The molecular weight excluding hydrogens is 274 g/mol. The van der Waals surface area contributed by atoms with Gasteiger partial charge in [-0.3, -0.25) is 9.67 Å². The van der Waals surface area contributed by atoms with E-state index in [1.54, 1.807) is 0 Å². The number of fused-ring (bicyclic) bond motifs is 1. The van der Waals surface area contributed by atoms with Crippen molar-refractivity contribution in [3.05, 3.63) is 47.3 Å². The van der Waals surface area contributed by atoms with Crippen LogP contribution in [0.2, 0.25) is 0 Å². The van der Waals surface area contributed by atoms with Crippen molar-refractivity contribution in [3.63, 3.8) is 0 Å². The van der Waals surface area contributed by atoms with E-state index in [-0.39, 0.29) is 0 Å². The van der Waals surface area contributed by atoms with Crippen LogP contribution in [0.3, 0.4) is 0 Å². The third-order valence-corrected chi connectivity index (χ3v) is 4.03. The van der Waals surface area contributed by atoms with Crippen LogP contribution in [0.25, 0.3) is 0 Å². The minimum atomic E-state index is 0.475. The fourth-order valence-electron chi connectivity index (χ4n) is 2.94. The summed E-state index contributed by atoms with van der Waals surface area (Å²) in [5.74, 6) is 0.475. The number of aliphatic imine (C=N–C) groups is 1. The molecule has 0 saturated heterocycles. The van der Waals surface area contributed by atoms with Crippen LogP contribution in [0.1, 0.15) is 29.5 Å². The van der Waals surface area contributed by atoms with Crippen molar-refractivity contribution in [3.8, 4) is 0 Å². The van der Waals surface area contributed by atoms with Gasteiger partial charge in [-0.25, -0.2) is 0 Å². The van der Waals surface area contributed by atoms with Crippen LogP contribution in [-0.4, -0.2) is 22.3 Å². The third-order valence-electron chi connectivity index (χ3n) is 4.03. The van der Waals surface area contributed by atoms with E-state index >= 15 is 0 Å². The Kier molecular flexibility index (Phi) is 4.42. The number of benzene rings is 1. The quantitative estimate of drug-likeness (QED) is 0.673. The molecule has 2 aromatic rings. The van der Waals surface area contributed by atoms with Gasteiger partial charge >= 0.3 is 0 Å². The summed E-state index contributed by atoms with van der Waals surface area (Å²) in [5.41, 5.74) is 11.1. The summed E-state index contributed by atoms with van der Waals surface area (Å²) in [4.78, 5) is 4.40. The van der Waals surface area contributed by atoms with Crippen molar-refractivity contribution in [2.75, 3.05) is 11.9 Å². The Morgan fingerprint density at radius 2 is 2.23 bits per heavy atom. The molecule has 0 unspecified atom stereocenters. The SMILES string of the molecule is Cc1cnn(CCN=C(N)Nc2cccc3c2CCCC3)c1. The van der Waals surface area contributed by atoms with Crippen molar-refractivity contribution in [2.45, 2.75) is 39.2 Å². The summed E-state index contributed by atoms with van der Waals surface area (Å²) >= 11 is 0. The Balaban J connectivity index is 1.61. The van der Waals surface area contributed by atoms with E-state index in [0.29, 0.717) is 12.5 Å². The molecular formula is C17H23N5. The highest BCUT2D eigenvalue weighted by Gasteiger charge is 2.12. The number of nitrogens with one attached hydrogen (secondary N) is 1. The molecule has 5 nitrogen and oxygen atoms in total. The Labute approximate surface area is 131 Å². The van der Waals surface area contributed by atoms with Crippen LogP contribution in [0, 0.1) is 6.92 Å². The lowest BCUT2D eigenvalue weighted by molar-refractivity contribution is 0.625. The fourth-order valence-corrected chi connectivity index (χ4v) is 2.94. The average molecular weight is 297 g/mol. The second kappa shape index (κ2) is 6.64. The molecule has 0 fully saturated rings. The Morgan fingerprint density at radius 1 is 1.36 bits per heavy atom. The van der Waals surface area contributed by atoms with E-state index in [2.05, 4.69) is 33.6 Å². The molecule has 1 aliphatic carbocycles. The first kappa shape index (κ1) is 14.6. The van der Waals surface area contributed by atoms with E-state index in [9.17, 15) is 0 Å². The summed E-state index contributed by atoms with van der Waals surface area (Å²) in [7, 11) is 0. The minimum absolute atomic E-state index is 0.475. The fraction of sp³-hybridized carbons (Fsp3) is 0.412. The number of guanidine groups is 1. The van der Waals surface area contributed by atoms with Gasteiger partial charge in [0.2, 0.25) is 0 Å². The molecule has 5 heteroatoms. The molecule has 0 bridgehead atoms. The van der Waals surface area contributed by atoms with Crippen LogP contribution in [0.5, 0.6) is 0 Å². The van der Waals surface area contributed by atoms with E-state index in [1.165, 1.54) is 30.4 Å². The van der Waals surface area contributed by atoms with Crippen molar-refractivity contribution in [2.24, 2.45) is 10.7 Å². The zero-order valence-corrected chi connectivity index (χ0v) is 13.0. The predicted molar refractivity (Wildman–Crippen MR) is 90.2 cm³/mol. The number of rotatable bonds is 4. The maximum absolute atomic E-state index is 6.02. The Hall–Kier alpha value is -2.30. The lowest BCUT2D eigenvalue weighted by Crippen LogP contribution is -2.24. The van der Waals surface area contributed by atoms with Gasteiger partial charge in [-0.05, 0) is 55.4 Å². The first-order valence-corrected chi connectivity index (χ1v) is 7.89.